The molecule has 94 valence electrons. The van der Waals surface area contributed by atoms with Crippen molar-refractivity contribution in [3.63, 3.8) is 0 Å². The molecule has 6 heteroatoms. The summed E-state index contributed by atoms with van der Waals surface area (Å²) in [6.07, 6.45) is 3.72. The van der Waals surface area contributed by atoms with E-state index in [1.54, 1.807) is 18.0 Å². The lowest BCUT2D eigenvalue weighted by Gasteiger charge is -2.10. The number of thiocarbonyl (C=S) groups is 1. The highest BCUT2D eigenvalue weighted by atomic mass is 32.1. The lowest BCUT2D eigenvalue weighted by atomic mass is 10.1. The van der Waals surface area contributed by atoms with Gasteiger partial charge in [-0.15, -0.1) is 0 Å². The Morgan fingerprint density at radius 1 is 1.50 bits per heavy atom. The highest BCUT2D eigenvalue weighted by molar-refractivity contribution is 7.80. The lowest BCUT2D eigenvalue weighted by Crippen LogP contribution is -2.18. The van der Waals surface area contributed by atoms with Crippen molar-refractivity contribution >= 4 is 23.0 Å². The minimum atomic E-state index is 0.228. The molecule has 0 amide bonds. The summed E-state index contributed by atoms with van der Waals surface area (Å²) in [5.41, 5.74) is 8.20. The minimum Gasteiger partial charge on any atom is -0.496 e. The quantitative estimate of drug-likeness (QED) is 0.825. The topological polar surface area (TPSA) is 65.1 Å². The van der Waals surface area contributed by atoms with Gasteiger partial charge in [0.25, 0.3) is 0 Å². The second kappa shape index (κ2) is 5.05. The Hall–Kier alpha value is -2.08. The molecular formula is C12H14N4OS. The van der Waals surface area contributed by atoms with Crippen LogP contribution in [0.2, 0.25) is 0 Å². The van der Waals surface area contributed by atoms with Gasteiger partial charge < -0.3 is 15.8 Å². The molecule has 2 aromatic rings. The maximum Gasteiger partial charge on any atom is 0.168 e. The molecule has 18 heavy (non-hydrogen) atoms. The third-order valence-corrected chi connectivity index (χ3v) is 2.59. The Bertz CT molecular complexity index is 579. The summed E-state index contributed by atoms with van der Waals surface area (Å²) >= 11 is 4.80. The summed E-state index contributed by atoms with van der Waals surface area (Å²) < 4.78 is 7.12. The average Bonchev–Trinajstić information content (AvgIpc) is 2.74. The largest absolute Gasteiger partial charge is 0.496 e. The van der Waals surface area contributed by atoms with Gasteiger partial charge in [0.2, 0.25) is 0 Å². The van der Waals surface area contributed by atoms with E-state index in [0.29, 0.717) is 0 Å². The van der Waals surface area contributed by atoms with Gasteiger partial charge in [0, 0.05) is 36.1 Å². The van der Waals surface area contributed by atoms with Crippen LogP contribution in [-0.4, -0.2) is 22.0 Å². The van der Waals surface area contributed by atoms with Crippen molar-refractivity contribution in [3.05, 3.63) is 30.6 Å². The van der Waals surface area contributed by atoms with E-state index in [1.165, 1.54) is 0 Å². The number of anilines is 1. The van der Waals surface area contributed by atoms with Crippen molar-refractivity contribution in [2.24, 2.45) is 12.8 Å². The number of hydrogen-bond donors (Lipinski definition) is 2. The first-order chi connectivity index (χ1) is 8.60. The highest BCUT2D eigenvalue weighted by Crippen LogP contribution is 2.31. The lowest BCUT2D eigenvalue weighted by molar-refractivity contribution is 0.416. The highest BCUT2D eigenvalue weighted by Gasteiger charge is 2.08. The molecule has 0 radical (unpaired) electrons. The molecule has 1 aromatic heterocycles. The Kier molecular flexibility index (Phi) is 3.47. The van der Waals surface area contributed by atoms with Crippen LogP contribution < -0.4 is 15.8 Å². The van der Waals surface area contributed by atoms with Crippen LogP contribution in [0, 0.1) is 0 Å². The zero-order valence-electron chi connectivity index (χ0n) is 10.2. The third-order valence-electron chi connectivity index (χ3n) is 2.48. The van der Waals surface area contributed by atoms with E-state index in [-0.39, 0.29) is 5.11 Å². The molecule has 0 aliphatic heterocycles. The van der Waals surface area contributed by atoms with Gasteiger partial charge in [-0.25, -0.2) is 0 Å². The van der Waals surface area contributed by atoms with Gasteiger partial charge in [0.1, 0.15) is 5.75 Å². The van der Waals surface area contributed by atoms with E-state index in [1.807, 2.05) is 31.4 Å². The number of aryl methyl sites for hydroxylation is 1. The molecule has 0 fully saturated rings. The summed E-state index contributed by atoms with van der Waals surface area (Å²) in [4.78, 5) is 0. The maximum absolute atomic E-state index is 5.43. The van der Waals surface area contributed by atoms with E-state index in [9.17, 15) is 0 Å². The third kappa shape index (κ3) is 2.60. The van der Waals surface area contributed by atoms with Gasteiger partial charge in [-0.1, -0.05) is 0 Å². The molecule has 0 saturated carbocycles. The molecule has 0 aliphatic rings. The van der Waals surface area contributed by atoms with Crippen LogP contribution in [0.3, 0.4) is 0 Å². The zero-order valence-corrected chi connectivity index (χ0v) is 11.0. The maximum atomic E-state index is 5.43. The first-order valence-electron chi connectivity index (χ1n) is 5.33. The molecule has 0 unspecified atom stereocenters. The van der Waals surface area contributed by atoms with Gasteiger partial charge in [0.05, 0.1) is 13.3 Å². The molecule has 3 N–H and O–H groups in total. The molecule has 0 spiro atoms. The van der Waals surface area contributed by atoms with Crippen LogP contribution in [0.4, 0.5) is 5.69 Å². The van der Waals surface area contributed by atoms with Gasteiger partial charge in [-0.3, -0.25) is 4.68 Å². The molecule has 5 nitrogen and oxygen atoms in total. The molecular weight excluding hydrogens is 248 g/mol. The number of methoxy groups -OCH3 is 1. The summed E-state index contributed by atoms with van der Waals surface area (Å²) in [5.74, 6) is 0.740. The normalized spacial score (nSPS) is 10.1. The smallest absolute Gasteiger partial charge is 0.168 e. The van der Waals surface area contributed by atoms with Crippen molar-refractivity contribution in [2.45, 2.75) is 0 Å². The van der Waals surface area contributed by atoms with Crippen molar-refractivity contribution < 1.29 is 4.74 Å². The number of ether oxygens (including phenoxy) is 1. The number of hydrogen-bond acceptors (Lipinski definition) is 3. The fourth-order valence-corrected chi connectivity index (χ4v) is 1.83. The number of rotatable bonds is 3. The van der Waals surface area contributed by atoms with Gasteiger partial charge in [-0.05, 0) is 24.4 Å². The van der Waals surface area contributed by atoms with Crippen LogP contribution in [-0.2, 0) is 7.05 Å². The van der Waals surface area contributed by atoms with Crippen molar-refractivity contribution in [1.82, 2.24) is 9.78 Å². The van der Waals surface area contributed by atoms with Crippen molar-refractivity contribution in [3.8, 4) is 16.9 Å². The van der Waals surface area contributed by atoms with E-state index in [2.05, 4.69) is 10.4 Å². The molecule has 0 bridgehead atoms. The Labute approximate surface area is 111 Å². The summed E-state index contributed by atoms with van der Waals surface area (Å²) in [6.45, 7) is 0. The molecule has 1 aromatic carbocycles. The molecule has 0 saturated heterocycles. The fourth-order valence-electron chi connectivity index (χ4n) is 1.71. The van der Waals surface area contributed by atoms with Crippen LogP contribution in [0.25, 0.3) is 11.1 Å². The van der Waals surface area contributed by atoms with Crippen LogP contribution >= 0.6 is 12.2 Å². The van der Waals surface area contributed by atoms with Crippen LogP contribution in [0.5, 0.6) is 5.75 Å². The van der Waals surface area contributed by atoms with Gasteiger partial charge in [-0.2, -0.15) is 5.10 Å². The van der Waals surface area contributed by atoms with Crippen molar-refractivity contribution in [2.75, 3.05) is 12.4 Å². The number of nitrogens with two attached hydrogens (primary N) is 1. The van der Waals surface area contributed by atoms with E-state index in [4.69, 9.17) is 22.7 Å². The fraction of sp³-hybridized carbons (Fsp3) is 0.167. The SMILES string of the molecule is COc1cc(NC(N)=S)ccc1-c1cnn(C)c1. The van der Waals surface area contributed by atoms with Crippen molar-refractivity contribution in [1.29, 1.82) is 0 Å². The first-order valence-corrected chi connectivity index (χ1v) is 5.74. The predicted octanol–water partition coefficient (Wildman–Crippen LogP) is 1.75. The first kappa shape index (κ1) is 12.4. The average molecular weight is 262 g/mol. The number of nitrogens with one attached hydrogen (secondary N) is 1. The Morgan fingerprint density at radius 3 is 2.83 bits per heavy atom. The number of aromatic nitrogens is 2. The standard InChI is InChI=1S/C12H14N4OS/c1-16-7-8(6-14-16)10-4-3-9(15-12(13)18)5-11(10)17-2/h3-7H,1-2H3,(H3,13,15,18). The summed E-state index contributed by atoms with van der Waals surface area (Å²) in [5, 5.41) is 7.24. The summed E-state index contributed by atoms with van der Waals surface area (Å²) in [7, 11) is 3.50. The zero-order chi connectivity index (χ0) is 13.1. The van der Waals surface area contributed by atoms with Gasteiger partial charge >= 0.3 is 0 Å². The van der Waals surface area contributed by atoms with Gasteiger partial charge in [0.15, 0.2) is 5.11 Å². The molecule has 2 rings (SSSR count). The number of nitrogens with zero attached hydrogens (tertiary/aromatic N) is 2. The Balaban J connectivity index is 2.40. The molecule has 0 atom stereocenters. The summed E-state index contributed by atoms with van der Waals surface area (Å²) in [6, 6.07) is 5.68. The second-order valence-electron chi connectivity index (χ2n) is 3.81. The van der Waals surface area contributed by atoms with E-state index < -0.39 is 0 Å². The minimum absolute atomic E-state index is 0.228. The van der Waals surface area contributed by atoms with Crippen LogP contribution in [0.1, 0.15) is 0 Å². The van der Waals surface area contributed by atoms with E-state index >= 15 is 0 Å². The number of benzene rings is 1. The monoisotopic (exact) mass is 262 g/mol. The molecule has 1 heterocycles. The molecule has 0 aliphatic carbocycles. The van der Waals surface area contributed by atoms with E-state index in [0.717, 1.165) is 22.6 Å². The Morgan fingerprint density at radius 2 is 2.28 bits per heavy atom. The van der Waals surface area contributed by atoms with Crippen LogP contribution in [0.15, 0.2) is 30.6 Å². The predicted molar refractivity (Wildman–Crippen MR) is 75.6 cm³/mol. The second-order valence-corrected chi connectivity index (χ2v) is 4.25.